The molecule has 1 aliphatic rings. The molecule has 2 aromatic rings. The molecule has 1 unspecified atom stereocenters. The third kappa shape index (κ3) is 4.05. The van der Waals surface area contributed by atoms with Gasteiger partial charge in [0, 0.05) is 44.5 Å². The van der Waals surface area contributed by atoms with E-state index in [-0.39, 0.29) is 0 Å². The van der Waals surface area contributed by atoms with E-state index < -0.39 is 0 Å². The largest absolute Gasteiger partial charge is 0.497 e. The summed E-state index contributed by atoms with van der Waals surface area (Å²) >= 11 is 0. The molecule has 3 nitrogen and oxygen atoms in total. The molecule has 1 saturated heterocycles. The van der Waals surface area contributed by atoms with Crippen molar-refractivity contribution in [3.63, 3.8) is 0 Å². The Hall–Kier alpha value is -2.00. The zero-order chi connectivity index (χ0) is 16.1. The molecule has 0 aromatic heterocycles. The van der Waals surface area contributed by atoms with Crippen molar-refractivity contribution in [2.45, 2.75) is 12.8 Å². The molecular weight excluding hydrogens is 284 g/mol. The quantitative estimate of drug-likeness (QED) is 0.839. The molecule has 3 heteroatoms. The first-order chi connectivity index (χ1) is 11.3. The summed E-state index contributed by atoms with van der Waals surface area (Å²) in [6.45, 7) is 7.85. The van der Waals surface area contributed by atoms with Crippen LogP contribution in [0.3, 0.4) is 0 Å². The summed E-state index contributed by atoms with van der Waals surface area (Å²) in [7, 11) is 1.72. The predicted octanol–water partition coefficient (Wildman–Crippen LogP) is 3.62. The van der Waals surface area contributed by atoms with Crippen molar-refractivity contribution in [2.75, 3.05) is 44.7 Å². The van der Waals surface area contributed by atoms with Crippen LogP contribution in [0.4, 0.5) is 5.69 Å². The molecule has 23 heavy (non-hydrogen) atoms. The van der Waals surface area contributed by atoms with Crippen LogP contribution in [0.2, 0.25) is 0 Å². The number of methoxy groups -OCH3 is 1. The molecule has 1 atom stereocenters. The highest BCUT2D eigenvalue weighted by Crippen LogP contribution is 2.23. The minimum atomic E-state index is 0.583. The van der Waals surface area contributed by atoms with Gasteiger partial charge < -0.3 is 9.64 Å². The molecule has 0 spiro atoms. The number of hydrogen-bond acceptors (Lipinski definition) is 3. The third-order valence-electron chi connectivity index (χ3n) is 4.69. The molecule has 3 rings (SSSR count). The molecule has 0 amide bonds. The molecule has 0 aliphatic carbocycles. The van der Waals surface area contributed by atoms with E-state index in [0.29, 0.717) is 5.92 Å². The zero-order valence-electron chi connectivity index (χ0n) is 14.1. The van der Waals surface area contributed by atoms with Gasteiger partial charge in [0.15, 0.2) is 0 Å². The van der Waals surface area contributed by atoms with Crippen molar-refractivity contribution in [1.82, 2.24) is 4.90 Å². The molecule has 0 N–H and O–H groups in total. The summed E-state index contributed by atoms with van der Waals surface area (Å²) in [5.74, 6) is 1.52. The molecule has 2 aromatic carbocycles. The van der Waals surface area contributed by atoms with Crippen LogP contribution in [-0.4, -0.2) is 44.7 Å². The Balaban J connectivity index is 1.54. The summed E-state index contributed by atoms with van der Waals surface area (Å²) in [6, 6.07) is 19.2. The molecule has 1 aliphatic heterocycles. The van der Waals surface area contributed by atoms with Gasteiger partial charge in [-0.25, -0.2) is 0 Å². The third-order valence-corrected chi connectivity index (χ3v) is 4.69. The van der Waals surface area contributed by atoms with Crippen molar-refractivity contribution < 1.29 is 4.74 Å². The number of benzene rings is 2. The monoisotopic (exact) mass is 310 g/mol. The van der Waals surface area contributed by atoms with E-state index in [1.54, 1.807) is 7.11 Å². The maximum atomic E-state index is 5.33. The minimum absolute atomic E-state index is 0.583. The van der Waals surface area contributed by atoms with Crippen LogP contribution in [0.15, 0.2) is 54.6 Å². The van der Waals surface area contributed by atoms with Crippen LogP contribution in [0.25, 0.3) is 0 Å². The smallest absolute Gasteiger partial charge is 0.120 e. The SMILES string of the molecule is COc1cccc(N2CCN(CC(C)c3ccccc3)CC2)c1. The second-order valence-electron chi connectivity index (χ2n) is 6.30. The van der Waals surface area contributed by atoms with E-state index in [9.17, 15) is 0 Å². The number of anilines is 1. The van der Waals surface area contributed by atoms with E-state index in [4.69, 9.17) is 4.74 Å². The van der Waals surface area contributed by atoms with Gasteiger partial charge in [0.05, 0.1) is 7.11 Å². The maximum Gasteiger partial charge on any atom is 0.120 e. The Bertz CT molecular complexity index is 606. The van der Waals surface area contributed by atoms with Gasteiger partial charge in [-0.3, -0.25) is 4.90 Å². The highest BCUT2D eigenvalue weighted by molar-refractivity contribution is 5.51. The summed E-state index contributed by atoms with van der Waals surface area (Å²) in [5, 5.41) is 0. The Kier molecular flexibility index (Phi) is 5.19. The van der Waals surface area contributed by atoms with Crippen LogP contribution < -0.4 is 9.64 Å². The topological polar surface area (TPSA) is 15.7 Å². The fourth-order valence-corrected chi connectivity index (χ4v) is 3.27. The first-order valence-corrected chi connectivity index (χ1v) is 8.42. The standard InChI is InChI=1S/C20H26N2O/c1-17(18-7-4-3-5-8-18)16-21-11-13-22(14-12-21)19-9-6-10-20(15-19)23-2/h3-10,15,17H,11-14,16H2,1-2H3. The summed E-state index contributed by atoms with van der Waals surface area (Å²) in [4.78, 5) is 5.03. The number of nitrogens with zero attached hydrogens (tertiary/aromatic N) is 2. The van der Waals surface area contributed by atoms with Gasteiger partial charge in [0.25, 0.3) is 0 Å². The van der Waals surface area contributed by atoms with Gasteiger partial charge in [-0.1, -0.05) is 43.3 Å². The molecule has 0 saturated carbocycles. The summed E-state index contributed by atoms with van der Waals surface area (Å²) in [6.07, 6.45) is 0. The lowest BCUT2D eigenvalue weighted by atomic mass is 10.0. The summed E-state index contributed by atoms with van der Waals surface area (Å²) < 4.78 is 5.33. The Morgan fingerprint density at radius 1 is 0.957 bits per heavy atom. The number of hydrogen-bond donors (Lipinski definition) is 0. The van der Waals surface area contributed by atoms with E-state index in [1.807, 2.05) is 6.07 Å². The van der Waals surface area contributed by atoms with Gasteiger partial charge >= 0.3 is 0 Å². The zero-order valence-corrected chi connectivity index (χ0v) is 14.1. The number of rotatable bonds is 5. The van der Waals surface area contributed by atoms with Gasteiger partial charge in [-0.15, -0.1) is 0 Å². The van der Waals surface area contributed by atoms with Crippen molar-refractivity contribution in [1.29, 1.82) is 0 Å². The van der Waals surface area contributed by atoms with Crippen LogP contribution in [0.5, 0.6) is 5.75 Å². The first-order valence-electron chi connectivity index (χ1n) is 8.42. The highest BCUT2D eigenvalue weighted by atomic mass is 16.5. The van der Waals surface area contributed by atoms with Crippen LogP contribution in [0, 0.1) is 0 Å². The average Bonchev–Trinajstić information content (AvgIpc) is 2.63. The predicted molar refractivity (Wildman–Crippen MR) is 96.5 cm³/mol. The minimum Gasteiger partial charge on any atom is -0.497 e. The number of piperazine rings is 1. The van der Waals surface area contributed by atoms with Gasteiger partial charge in [-0.2, -0.15) is 0 Å². The molecule has 0 bridgehead atoms. The highest BCUT2D eigenvalue weighted by Gasteiger charge is 2.19. The maximum absolute atomic E-state index is 5.33. The molecular formula is C20H26N2O. The molecule has 122 valence electrons. The molecule has 1 fully saturated rings. The van der Waals surface area contributed by atoms with E-state index in [1.165, 1.54) is 11.3 Å². The first kappa shape index (κ1) is 15.9. The lowest BCUT2D eigenvalue weighted by Crippen LogP contribution is -2.47. The molecule has 0 radical (unpaired) electrons. The van der Waals surface area contributed by atoms with E-state index >= 15 is 0 Å². The fourth-order valence-electron chi connectivity index (χ4n) is 3.27. The lowest BCUT2D eigenvalue weighted by Gasteiger charge is -2.37. The van der Waals surface area contributed by atoms with Crippen LogP contribution in [0.1, 0.15) is 18.4 Å². The van der Waals surface area contributed by atoms with Gasteiger partial charge in [0.1, 0.15) is 5.75 Å². The normalized spacial score (nSPS) is 17.0. The lowest BCUT2D eigenvalue weighted by molar-refractivity contribution is 0.246. The fraction of sp³-hybridized carbons (Fsp3) is 0.400. The van der Waals surface area contributed by atoms with Gasteiger partial charge in [-0.05, 0) is 23.6 Å². The van der Waals surface area contributed by atoms with E-state index in [0.717, 1.165) is 38.5 Å². The Morgan fingerprint density at radius 2 is 1.70 bits per heavy atom. The Labute approximate surface area is 139 Å². The Morgan fingerprint density at radius 3 is 2.39 bits per heavy atom. The van der Waals surface area contributed by atoms with Gasteiger partial charge in [0.2, 0.25) is 0 Å². The van der Waals surface area contributed by atoms with Crippen LogP contribution >= 0.6 is 0 Å². The number of ether oxygens (including phenoxy) is 1. The van der Waals surface area contributed by atoms with Crippen molar-refractivity contribution in [3.8, 4) is 5.75 Å². The van der Waals surface area contributed by atoms with Crippen molar-refractivity contribution in [2.24, 2.45) is 0 Å². The van der Waals surface area contributed by atoms with Crippen molar-refractivity contribution >= 4 is 5.69 Å². The van der Waals surface area contributed by atoms with Crippen LogP contribution in [-0.2, 0) is 0 Å². The second-order valence-corrected chi connectivity index (χ2v) is 6.30. The average molecular weight is 310 g/mol. The van der Waals surface area contributed by atoms with E-state index in [2.05, 4.69) is 65.3 Å². The van der Waals surface area contributed by atoms with Crippen molar-refractivity contribution in [3.05, 3.63) is 60.2 Å². The second kappa shape index (κ2) is 7.51. The molecule has 1 heterocycles. The summed E-state index contributed by atoms with van der Waals surface area (Å²) in [5.41, 5.74) is 2.70.